The maximum absolute atomic E-state index is 6.12. The first kappa shape index (κ1) is 14.0. The van der Waals surface area contributed by atoms with E-state index in [0.29, 0.717) is 18.3 Å². The van der Waals surface area contributed by atoms with Crippen LogP contribution in [-0.2, 0) is 11.2 Å². The number of piperidine rings is 1. The largest absolute Gasteiger partial charge is 0.361 e. The predicted octanol–water partition coefficient (Wildman–Crippen LogP) is 4.18. The first-order valence-corrected chi connectivity index (χ1v) is 8.40. The van der Waals surface area contributed by atoms with Crippen molar-refractivity contribution in [1.29, 1.82) is 0 Å². The minimum absolute atomic E-state index is 0.313. The van der Waals surface area contributed by atoms with Crippen LogP contribution in [0.4, 0.5) is 0 Å². The highest BCUT2D eigenvalue weighted by atomic mass is 16.5. The van der Waals surface area contributed by atoms with Crippen LogP contribution in [-0.4, -0.2) is 23.8 Å². The molecule has 2 nitrogen and oxygen atoms in total. The van der Waals surface area contributed by atoms with Crippen LogP contribution in [0.5, 0.6) is 0 Å². The second-order valence-corrected chi connectivity index (χ2v) is 6.44. The second-order valence-electron chi connectivity index (χ2n) is 6.44. The fourth-order valence-corrected chi connectivity index (χ4v) is 4.01. The lowest BCUT2D eigenvalue weighted by Gasteiger charge is -2.40. The maximum Gasteiger partial charge on any atom is 0.111 e. The molecule has 22 heavy (non-hydrogen) atoms. The molecule has 0 amide bonds. The molecule has 2 aliphatic rings. The van der Waals surface area contributed by atoms with Gasteiger partial charge in [-0.2, -0.15) is 0 Å². The molecule has 0 aromatic heterocycles. The van der Waals surface area contributed by atoms with Crippen LogP contribution in [0, 0.1) is 0 Å². The molecule has 2 fully saturated rings. The van der Waals surface area contributed by atoms with E-state index < -0.39 is 0 Å². The maximum atomic E-state index is 6.12. The van der Waals surface area contributed by atoms with Crippen molar-refractivity contribution >= 4 is 0 Å². The van der Waals surface area contributed by atoms with Crippen molar-refractivity contribution in [2.75, 3.05) is 6.61 Å². The van der Waals surface area contributed by atoms with Crippen molar-refractivity contribution in [1.82, 2.24) is 4.90 Å². The number of benzene rings is 2. The minimum atomic E-state index is 0.313. The molecule has 114 valence electrons. The Morgan fingerprint density at radius 3 is 2.41 bits per heavy atom. The van der Waals surface area contributed by atoms with Crippen LogP contribution in [0.2, 0.25) is 0 Å². The molecule has 0 aliphatic carbocycles. The van der Waals surface area contributed by atoms with E-state index in [1.165, 1.54) is 30.4 Å². The molecule has 2 saturated heterocycles. The van der Waals surface area contributed by atoms with Gasteiger partial charge < -0.3 is 4.74 Å². The van der Waals surface area contributed by atoms with Gasteiger partial charge in [-0.05, 0) is 36.8 Å². The van der Waals surface area contributed by atoms with Crippen molar-refractivity contribution in [3.05, 3.63) is 71.8 Å². The van der Waals surface area contributed by atoms with Gasteiger partial charge in [0, 0.05) is 6.04 Å². The highest BCUT2D eigenvalue weighted by Gasteiger charge is 2.41. The van der Waals surface area contributed by atoms with Gasteiger partial charge in [0.25, 0.3) is 0 Å². The summed E-state index contributed by atoms with van der Waals surface area (Å²) in [6, 6.07) is 22.7. The zero-order valence-corrected chi connectivity index (χ0v) is 12.9. The average molecular weight is 293 g/mol. The van der Waals surface area contributed by atoms with E-state index in [4.69, 9.17) is 4.74 Å². The Hall–Kier alpha value is -1.64. The number of hydrogen-bond donors (Lipinski definition) is 0. The summed E-state index contributed by atoms with van der Waals surface area (Å²) < 4.78 is 6.12. The Morgan fingerprint density at radius 2 is 1.64 bits per heavy atom. The molecule has 0 bridgehead atoms. The van der Waals surface area contributed by atoms with Crippen molar-refractivity contribution in [2.24, 2.45) is 0 Å². The summed E-state index contributed by atoms with van der Waals surface area (Å²) in [7, 11) is 0. The molecule has 4 rings (SSSR count). The third-order valence-corrected chi connectivity index (χ3v) is 5.05. The molecular formula is C20H23NO. The smallest absolute Gasteiger partial charge is 0.111 e. The van der Waals surface area contributed by atoms with Gasteiger partial charge in [0.15, 0.2) is 0 Å². The van der Waals surface area contributed by atoms with Gasteiger partial charge in [-0.25, -0.2) is 0 Å². The fourth-order valence-electron chi connectivity index (χ4n) is 4.01. The van der Waals surface area contributed by atoms with Gasteiger partial charge in [0.1, 0.15) is 6.23 Å². The second kappa shape index (κ2) is 6.23. The molecule has 2 heterocycles. The van der Waals surface area contributed by atoms with Gasteiger partial charge in [-0.3, -0.25) is 4.90 Å². The van der Waals surface area contributed by atoms with Crippen LogP contribution >= 0.6 is 0 Å². The van der Waals surface area contributed by atoms with Crippen LogP contribution in [0.25, 0.3) is 0 Å². The van der Waals surface area contributed by atoms with Gasteiger partial charge in [-0.15, -0.1) is 0 Å². The first-order valence-electron chi connectivity index (χ1n) is 8.40. The lowest BCUT2D eigenvalue weighted by Crippen LogP contribution is -2.45. The van der Waals surface area contributed by atoms with Crippen LogP contribution in [0.15, 0.2) is 60.7 Å². The van der Waals surface area contributed by atoms with E-state index in [-0.39, 0.29) is 0 Å². The van der Waals surface area contributed by atoms with Gasteiger partial charge in [0.05, 0.1) is 12.6 Å². The summed E-state index contributed by atoms with van der Waals surface area (Å²) in [5.74, 6) is 0. The van der Waals surface area contributed by atoms with E-state index >= 15 is 0 Å². The molecule has 2 aliphatic heterocycles. The van der Waals surface area contributed by atoms with Crippen molar-refractivity contribution in [3.63, 3.8) is 0 Å². The quantitative estimate of drug-likeness (QED) is 0.841. The molecule has 0 spiro atoms. The van der Waals surface area contributed by atoms with Crippen molar-refractivity contribution in [3.8, 4) is 0 Å². The van der Waals surface area contributed by atoms with E-state index in [9.17, 15) is 0 Å². The molecule has 2 aromatic rings. The van der Waals surface area contributed by atoms with Gasteiger partial charge in [-0.1, -0.05) is 60.7 Å². The van der Waals surface area contributed by atoms with Crippen molar-refractivity contribution < 1.29 is 4.74 Å². The van der Waals surface area contributed by atoms with Crippen LogP contribution in [0.3, 0.4) is 0 Å². The number of nitrogens with zero attached hydrogens (tertiary/aromatic N) is 1. The number of ether oxygens (including phenoxy) is 1. The summed E-state index contributed by atoms with van der Waals surface area (Å²) in [5.41, 5.74) is 2.83. The zero-order chi connectivity index (χ0) is 14.8. The number of hydrogen-bond acceptors (Lipinski definition) is 2. The number of fused-ring (bicyclic) bond motifs is 1. The topological polar surface area (TPSA) is 12.5 Å². The summed E-state index contributed by atoms with van der Waals surface area (Å²) >= 11 is 0. The molecule has 0 unspecified atom stereocenters. The van der Waals surface area contributed by atoms with Gasteiger partial charge >= 0.3 is 0 Å². The fraction of sp³-hybridized carbons (Fsp3) is 0.400. The molecule has 0 radical (unpaired) electrons. The van der Waals surface area contributed by atoms with Gasteiger partial charge in [0.2, 0.25) is 0 Å². The third kappa shape index (κ3) is 2.69. The monoisotopic (exact) mass is 293 g/mol. The van der Waals surface area contributed by atoms with Crippen LogP contribution < -0.4 is 0 Å². The van der Waals surface area contributed by atoms with Crippen LogP contribution in [0.1, 0.15) is 36.4 Å². The Balaban J connectivity index is 1.58. The molecular weight excluding hydrogens is 270 g/mol. The molecule has 3 atom stereocenters. The first-order chi connectivity index (χ1) is 10.9. The summed E-state index contributed by atoms with van der Waals surface area (Å²) in [5, 5.41) is 0. The average Bonchev–Trinajstić information content (AvgIpc) is 3.02. The molecule has 0 N–H and O–H groups in total. The highest BCUT2D eigenvalue weighted by molar-refractivity contribution is 5.22. The van der Waals surface area contributed by atoms with Crippen molar-refractivity contribution in [2.45, 2.75) is 44.0 Å². The predicted molar refractivity (Wildman–Crippen MR) is 88.5 cm³/mol. The molecule has 2 heteroatoms. The third-order valence-electron chi connectivity index (χ3n) is 5.05. The summed E-state index contributed by atoms with van der Waals surface area (Å²) in [6.07, 6.45) is 5.17. The molecule has 0 saturated carbocycles. The zero-order valence-electron chi connectivity index (χ0n) is 12.9. The Morgan fingerprint density at radius 1 is 0.909 bits per heavy atom. The SMILES string of the molecule is c1ccc(C[C@H]2CCC[C@@H]3OC[C@@H](c4ccccc4)N23)cc1. The standard InChI is InChI=1S/C20H23NO/c1-3-8-16(9-4-1)14-18-12-7-13-20-21(18)19(15-22-20)17-10-5-2-6-11-17/h1-6,8-11,18-20H,7,12-15H2/t18-,19+,20+/m1/s1. The number of rotatable bonds is 3. The molecule has 2 aromatic carbocycles. The minimum Gasteiger partial charge on any atom is -0.361 e. The van der Waals surface area contributed by atoms with E-state index in [1.807, 2.05) is 0 Å². The summed E-state index contributed by atoms with van der Waals surface area (Å²) in [4.78, 5) is 2.64. The van der Waals surface area contributed by atoms with E-state index in [1.54, 1.807) is 0 Å². The highest BCUT2D eigenvalue weighted by Crippen LogP contribution is 2.39. The van der Waals surface area contributed by atoms with E-state index in [0.717, 1.165) is 13.0 Å². The van der Waals surface area contributed by atoms with E-state index in [2.05, 4.69) is 65.6 Å². The Kier molecular flexibility index (Phi) is 3.96. The Labute approximate surface area is 132 Å². The Bertz CT molecular complexity index is 598. The summed E-state index contributed by atoms with van der Waals surface area (Å²) in [6.45, 7) is 0.833. The lowest BCUT2D eigenvalue weighted by molar-refractivity contribution is -0.0259. The lowest BCUT2D eigenvalue weighted by atomic mass is 9.92. The normalized spacial score (nSPS) is 28.5.